The largest absolute Gasteiger partial charge is 0.375 e. The third-order valence-electron chi connectivity index (χ3n) is 3.96. The van der Waals surface area contributed by atoms with Gasteiger partial charge in [0.15, 0.2) is 5.13 Å². The summed E-state index contributed by atoms with van der Waals surface area (Å²) in [7, 11) is 2.11. The number of thiazole rings is 1. The van der Waals surface area contributed by atoms with E-state index in [9.17, 15) is 4.79 Å². The lowest BCUT2D eigenvalue weighted by Gasteiger charge is -2.28. The number of aromatic nitrogens is 1. The molecule has 0 spiro atoms. The van der Waals surface area contributed by atoms with Crippen LogP contribution in [0.2, 0.25) is 0 Å². The highest BCUT2D eigenvalue weighted by atomic mass is 32.1. The van der Waals surface area contributed by atoms with Crippen LogP contribution in [0.25, 0.3) is 10.2 Å². The zero-order valence-electron chi connectivity index (χ0n) is 12.4. The van der Waals surface area contributed by atoms with Gasteiger partial charge in [-0.2, -0.15) is 0 Å². The molecule has 0 aliphatic carbocycles. The first-order valence-electron chi connectivity index (χ1n) is 7.20. The molecule has 2 N–H and O–H groups in total. The maximum Gasteiger partial charge on any atom is 0.254 e. The highest BCUT2D eigenvalue weighted by molar-refractivity contribution is 7.22. The number of rotatable bonds is 1. The minimum Gasteiger partial charge on any atom is -0.375 e. The van der Waals surface area contributed by atoms with Crippen molar-refractivity contribution in [1.29, 1.82) is 0 Å². The van der Waals surface area contributed by atoms with E-state index in [4.69, 9.17) is 5.73 Å². The molecule has 0 saturated carbocycles. The molecule has 21 heavy (non-hydrogen) atoms. The first-order valence-corrected chi connectivity index (χ1v) is 8.02. The summed E-state index contributed by atoms with van der Waals surface area (Å²) < 4.78 is 0.970. The first-order chi connectivity index (χ1) is 10.0. The zero-order chi connectivity index (χ0) is 15.0. The van der Waals surface area contributed by atoms with Gasteiger partial charge in [-0.25, -0.2) is 4.98 Å². The van der Waals surface area contributed by atoms with Crippen molar-refractivity contribution in [2.75, 3.05) is 32.4 Å². The van der Waals surface area contributed by atoms with Crippen molar-refractivity contribution in [3.63, 3.8) is 0 Å². The summed E-state index contributed by atoms with van der Waals surface area (Å²) in [6.07, 6.45) is 1.02. The second-order valence-corrected chi connectivity index (χ2v) is 6.76. The summed E-state index contributed by atoms with van der Waals surface area (Å²) in [6.45, 7) is 4.89. The van der Waals surface area contributed by atoms with Crippen molar-refractivity contribution in [3.8, 4) is 0 Å². The Morgan fingerprint density at radius 1 is 1.43 bits per heavy atom. The van der Waals surface area contributed by atoms with Crippen LogP contribution in [0, 0.1) is 0 Å². The van der Waals surface area contributed by atoms with Crippen molar-refractivity contribution in [3.05, 3.63) is 23.8 Å². The number of hydrogen-bond acceptors (Lipinski definition) is 5. The topological polar surface area (TPSA) is 62.5 Å². The van der Waals surface area contributed by atoms with Crippen LogP contribution < -0.4 is 5.73 Å². The van der Waals surface area contributed by atoms with Gasteiger partial charge in [0.05, 0.1) is 10.2 Å². The lowest BCUT2D eigenvalue weighted by Crippen LogP contribution is -2.41. The lowest BCUT2D eigenvalue weighted by atomic mass is 10.1. The number of hydrogen-bond donors (Lipinski definition) is 1. The van der Waals surface area contributed by atoms with Crippen molar-refractivity contribution in [2.24, 2.45) is 0 Å². The molecule has 2 aromatic rings. The Morgan fingerprint density at radius 2 is 2.24 bits per heavy atom. The Labute approximate surface area is 128 Å². The van der Waals surface area contributed by atoms with Crippen molar-refractivity contribution in [2.45, 2.75) is 19.4 Å². The molecule has 1 aliphatic rings. The smallest absolute Gasteiger partial charge is 0.254 e. The predicted octanol–water partition coefficient (Wildman–Crippen LogP) is 2.04. The summed E-state index contributed by atoms with van der Waals surface area (Å²) in [4.78, 5) is 21.3. The number of carbonyl (C=O) groups is 1. The number of nitrogen functional groups attached to an aromatic ring is 1. The number of nitrogens with two attached hydrogens (primary N) is 1. The molecule has 1 unspecified atom stereocenters. The van der Waals surface area contributed by atoms with Gasteiger partial charge in [0.25, 0.3) is 5.91 Å². The molecule has 1 aliphatic heterocycles. The first kappa shape index (κ1) is 14.3. The van der Waals surface area contributed by atoms with Gasteiger partial charge < -0.3 is 15.5 Å². The fourth-order valence-electron chi connectivity index (χ4n) is 2.92. The van der Waals surface area contributed by atoms with Crippen molar-refractivity contribution < 1.29 is 4.79 Å². The van der Waals surface area contributed by atoms with Gasteiger partial charge in [-0.1, -0.05) is 11.3 Å². The van der Waals surface area contributed by atoms with Gasteiger partial charge >= 0.3 is 0 Å². The second kappa shape index (κ2) is 5.61. The van der Waals surface area contributed by atoms with Crippen LogP contribution in [0.5, 0.6) is 0 Å². The van der Waals surface area contributed by atoms with Crippen LogP contribution >= 0.6 is 11.3 Å². The Balaban J connectivity index is 1.88. The van der Waals surface area contributed by atoms with E-state index in [0.717, 1.165) is 41.8 Å². The maximum absolute atomic E-state index is 12.8. The van der Waals surface area contributed by atoms with Crippen molar-refractivity contribution >= 4 is 32.6 Å². The number of benzene rings is 1. The predicted molar refractivity (Wildman–Crippen MR) is 86.6 cm³/mol. The summed E-state index contributed by atoms with van der Waals surface area (Å²) >= 11 is 1.42. The molecule has 1 saturated heterocycles. The molecule has 1 aromatic carbocycles. The van der Waals surface area contributed by atoms with Crippen LogP contribution in [0.3, 0.4) is 0 Å². The van der Waals surface area contributed by atoms with Crippen LogP contribution in [-0.2, 0) is 0 Å². The Bertz CT molecular complexity index is 669. The summed E-state index contributed by atoms with van der Waals surface area (Å²) in [5.74, 6) is 0.103. The molecule has 0 radical (unpaired) electrons. The standard InChI is InChI=1S/C15H20N4OS/c1-10-9-18(2)6-3-7-19(10)14(20)11-4-5-12-13(8-11)21-15(16)17-12/h4-5,8,10H,3,6-7,9H2,1-2H3,(H2,16,17). The zero-order valence-corrected chi connectivity index (χ0v) is 13.2. The normalized spacial score (nSPS) is 20.7. The molecule has 6 heteroatoms. The van der Waals surface area contributed by atoms with Crippen LogP contribution in [-0.4, -0.2) is 53.4 Å². The van der Waals surface area contributed by atoms with E-state index in [1.807, 2.05) is 23.1 Å². The third kappa shape index (κ3) is 2.87. The van der Waals surface area contributed by atoms with E-state index in [-0.39, 0.29) is 11.9 Å². The Morgan fingerprint density at radius 3 is 3.05 bits per heavy atom. The van der Waals surface area contributed by atoms with Crippen molar-refractivity contribution in [1.82, 2.24) is 14.8 Å². The summed E-state index contributed by atoms with van der Waals surface area (Å²) in [5, 5.41) is 0.541. The number of carbonyl (C=O) groups excluding carboxylic acids is 1. The Kier molecular flexibility index (Phi) is 3.82. The number of likely N-dealkylation sites (N-methyl/N-ethyl adjacent to an activating group) is 1. The number of nitrogens with zero attached hydrogens (tertiary/aromatic N) is 3. The minimum absolute atomic E-state index is 0.103. The average Bonchev–Trinajstić information content (AvgIpc) is 2.72. The fourth-order valence-corrected chi connectivity index (χ4v) is 3.69. The van der Waals surface area contributed by atoms with E-state index in [2.05, 4.69) is 23.9 Å². The van der Waals surface area contributed by atoms with E-state index in [1.54, 1.807) is 0 Å². The summed E-state index contributed by atoms with van der Waals surface area (Å²) in [6, 6.07) is 5.87. The molecule has 0 bridgehead atoms. The molecule has 112 valence electrons. The van der Waals surface area contributed by atoms with Crippen LogP contribution in [0.15, 0.2) is 18.2 Å². The molecule has 1 atom stereocenters. The lowest BCUT2D eigenvalue weighted by molar-refractivity contribution is 0.0696. The quantitative estimate of drug-likeness (QED) is 0.876. The highest BCUT2D eigenvalue weighted by Gasteiger charge is 2.25. The average molecular weight is 304 g/mol. The molecule has 2 heterocycles. The highest BCUT2D eigenvalue weighted by Crippen LogP contribution is 2.25. The number of anilines is 1. The van der Waals surface area contributed by atoms with Gasteiger partial charge in [0.2, 0.25) is 0 Å². The van der Waals surface area contributed by atoms with Gasteiger partial charge in [0.1, 0.15) is 0 Å². The number of amides is 1. The van der Waals surface area contributed by atoms with Gasteiger partial charge in [0, 0.05) is 24.7 Å². The van der Waals surface area contributed by atoms with Crippen LogP contribution in [0.1, 0.15) is 23.7 Å². The molecule has 5 nitrogen and oxygen atoms in total. The monoisotopic (exact) mass is 304 g/mol. The van der Waals surface area contributed by atoms with Gasteiger partial charge in [-0.3, -0.25) is 4.79 Å². The Hall–Kier alpha value is -1.66. The molecule has 1 fully saturated rings. The van der Waals surface area contributed by atoms with Gasteiger partial charge in [-0.05, 0) is 45.1 Å². The minimum atomic E-state index is 0.103. The fraction of sp³-hybridized carbons (Fsp3) is 0.467. The molecular formula is C15H20N4OS. The van der Waals surface area contributed by atoms with E-state index < -0.39 is 0 Å². The molecule has 3 rings (SSSR count). The SMILES string of the molecule is CC1CN(C)CCCN1C(=O)c1ccc2nc(N)sc2c1. The van der Waals surface area contributed by atoms with Gasteiger partial charge in [-0.15, -0.1) is 0 Å². The molecular weight excluding hydrogens is 284 g/mol. The third-order valence-corrected chi connectivity index (χ3v) is 4.81. The molecule has 1 aromatic heterocycles. The van der Waals surface area contributed by atoms with Crippen LogP contribution in [0.4, 0.5) is 5.13 Å². The van der Waals surface area contributed by atoms with E-state index >= 15 is 0 Å². The van der Waals surface area contributed by atoms with E-state index in [0.29, 0.717) is 5.13 Å². The maximum atomic E-state index is 12.8. The second-order valence-electron chi connectivity index (χ2n) is 5.70. The summed E-state index contributed by atoms with van der Waals surface area (Å²) in [5.41, 5.74) is 7.31. The van der Waals surface area contributed by atoms with E-state index in [1.165, 1.54) is 11.3 Å². The molecule has 1 amide bonds. The number of fused-ring (bicyclic) bond motifs is 1.